The van der Waals surface area contributed by atoms with Crippen LogP contribution in [0, 0.1) is 11.8 Å². The van der Waals surface area contributed by atoms with Crippen LogP contribution in [-0.2, 0) is 17.8 Å². The van der Waals surface area contributed by atoms with E-state index in [1.165, 1.54) is 10.2 Å². The Hall–Kier alpha value is -2.74. The van der Waals surface area contributed by atoms with Gasteiger partial charge < -0.3 is 9.32 Å². The van der Waals surface area contributed by atoms with E-state index in [1.807, 2.05) is 45.9 Å². The molecule has 180 valence electrons. The normalized spacial score (nSPS) is 17.6. The molecule has 3 rings (SSSR count). The number of amides is 1. The zero-order chi connectivity index (χ0) is 24.0. The van der Waals surface area contributed by atoms with Gasteiger partial charge in [-0.1, -0.05) is 58.0 Å². The molecule has 1 saturated heterocycles. The highest BCUT2D eigenvalue weighted by Gasteiger charge is 2.38. The summed E-state index contributed by atoms with van der Waals surface area (Å²) in [6.07, 6.45) is 3.73. The molecule has 1 aromatic carbocycles. The summed E-state index contributed by atoms with van der Waals surface area (Å²) < 4.78 is 6.41. The monoisotopic (exact) mass is 456 g/mol. The Balaban J connectivity index is 1.81. The lowest BCUT2D eigenvalue weighted by molar-refractivity contribution is -0.125. The van der Waals surface area contributed by atoms with Crippen LogP contribution in [0.3, 0.4) is 0 Å². The molecule has 8 heteroatoms. The Kier molecular flexibility index (Phi) is 8.61. The lowest BCUT2D eigenvalue weighted by Gasteiger charge is -2.37. The standard InChI is InChI=1S/C25H36N4O4/c1-18(2)15-21(23(31)24-26-29(16-19(3)4)25(32)33-24)28(17-30)22-11-8-13-27(22)14-12-20-9-6-5-7-10-20/h5-7,9-10,17-19,21-22H,8,11-16H2,1-4H3/t21-,22-/m0/s1. The molecule has 2 atom stereocenters. The Bertz CT molecular complexity index is 966. The van der Waals surface area contributed by atoms with Gasteiger partial charge in [0.1, 0.15) is 6.04 Å². The molecule has 2 heterocycles. The van der Waals surface area contributed by atoms with E-state index in [2.05, 4.69) is 22.1 Å². The molecule has 1 aliphatic heterocycles. The first kappa shape index (κ1) is 24.9. The molecule has 33 heavy (non-hydrogen) atoms. The SMILES string of the molecule is CC(C)C[C@@H](C(=O)c1nn(CC(C)C)c(=O)o1)N(C=O)[C@H]1CCCN1CCc1ccccc1. The van der Waals surface area contributed by atoms with Crippen molar-refractivity contribution in [1.82, 2.24) is 19.6 Å². The summed E-state index contributed by atoms with van der Waals surface area (Å²) in [5, 5.41) is 4.15. The van der Waals surface area contributed by atoms with Gasteiger partial charge in [-0.25, -0.2) is 4.79 Å². The quantitative estimate of drug-likeness (QED) is 0.360. The average Bonchev–Trinajstić information content (AvgIpc) is 3.38. The van der Waals surface area contributed by atoms with Gasteiger partial charge in [-0.2, -0.15) is 4.68 Å². The molecule has 1 aromatic heterocycles. The molecule has 0 bridgehead atoms. The number of carbonyl (C=O) groups is 2. The van der Waals surface area contributed by atoms with Gasteiger partial charge >= 0.3 is 5.76 Å². The highest BCUT2D eigenvalue weighted by Crippen LogP contribution is 2.26. The van der Waals surface area contributed by atoms with Crippen LogP contribution in [0.2, 0.25) is 0 Å². The van der Waals surface area contributed by atoms with Gasteiger partial charge in [-0.05, 0) is 43.1 Å². The van der Waals surface area contributed by atoms with Crippen molar-refractivity contribution in [2.75, 3.05) is 13.1 Å². The second kappa shape index (κ2) is 11.4. The summed E-state index contributed by atoms with van der Waals surface area (Å²) in [6, 6.07) is 9.53. The van der Waals surface area contributed by atoms with Crippen molar-refractivity contribution >= 4 is 12.2 Å². The third-order valence-corrected chi connectivity index (χ3v) is 6.04. The average molecular weight is 457 g/mol. The Morgan fingerprint density at radius 3 is 2.58 bits per heavy atom. The van der Waals surface area contributed by atoms with Gasteiger partial charge in [0.2, 0.25) is 12.2 Å². The Morgan fingerprint density at radius 2 is 1.94 bits per heavy atom. The second-order valence-electron chi connectivity index (χ2n) is 9.71. The molecule has 0 spiro atoms. The molecular formula is C25H36N4O4. The van der Waals surface area contributed by atoms with Crippen molar-refractivity contribution in [3.05, 3.63) is 52.3 Å². The molecule has 2 aromatic rings. The highest BCUT2D eigenvalue weighted by molar-refractivity contribution is 5.97. The van der Waals surface area contributed by atoms with Crippen LogP contribution in [0.4, 0.5) is 0 Å². The fraction of sp³-hybridized carbons (Fsp3) is 0.600. The molecular weight excluding hydrogens is 420 g/mol. The fourth-order valence-electron chi connectivity index (χ4n) is 4.50. The predicted molar refractivity (Wildman–Crippen MR) is 126 cm³/mol. The maximum absolute atomic E-state index is 13.4. The largest absolute Gasteiger partial charge is 0.437 e. The molecule has 0 N–H and O–H groups in total. The topological polar surface area (TPSA) is 88.6 Å². The number of Topliss-reactive ketones (excluding diaryl/α,β-unsaturated/α-hetero) is 1. The zero-order valence-corrected chi connectivity index (χ0v) is 20.1. The van der Waals surface area contributed by atoms with Crippen molar-refractivity contribution in [1.29, 1.82) is 0 Å². The number of ketones is 1. The first-order valence-electron chi connectivity index (χ1n) is 11.9. The van der Waals surface area contributed by atoms with Gasteiger partial charge in [-0.15, -0.1) is 5.10 Å². The first-order chi connectivity index (χ1) is 15.8. The van der Waals surface area contributed by atoms with Crippen molar-refractivity contribution in [2.45, 2.75) is 72.1 Å². The second-order valence-corrected chi connectivity index (χ2v) is 9.71. The van der Waals surface area contributed by atoms with Crippen LogP contribution in [0.25, 0.3) is 0 Å². The molecule has 0 radical (unpaired) electrons. The van der Waals surface area contributed by atoms with Gasteiger partial charge in [0.15, 0.2) is 0 Å². The van der Waals surface area contributed by atoms with Crippen LogP contribution in [0.5, 0.6) is 0 Å². The van der Waals surface area contributed by atoms with Gasteiger partial charge in [0.25, 0.3) is 5.89 Å². The third-order valence-electron chi connectivity index (χ3n) is 6.04. The number of nitrogens with zero attached hydrogens (tertiary/aromatic N) is 4. The van der Waals surface area contributed by atoms with E-state index >= 15 is 0 Å². The number of hydrogen-bond acceptors (Lipinski definition) is 6. The Morgan fingerprint density at radius 1 is 1.21 bits per heavy atom. The maximum Gasteiger partial charge on any atom is 0.437 e. The lowest BCUT2D eigenvalue weighted by Crippen LogP contribution is -2.52. The molecule has 0 saturated carbocycles. The minimum Gasteiger partial charge on any atom is -0.384 e. The van der Waals surface area contributed by atoms with E-state index in [4.69, 9.17) is 4.42 Å². The maximum atomic E-state index is 13.4. The van der Waals surface area contributed by atoms with Crippen molar-refractivity contribution in [3.63, 3.8) is 0 Å². The molecule has 0 unspecified atom stereocenters. The van der Waals surface area contributed by atoms with Crippen molar-refractivity contribution in [3.8, 4) is 0 Å². The minimum atomic E-state index is -0.727. The van der Waals surface area contributed by atoms with Crippen molar-refractivity contribution < 1.29 is 14.0 Å². The number of hydrogen-bond donors (Lipinski definition) is 0. The van der Waals surface area contributed by atoms with Crippen LogP contribution in [0.1, 0.15) is 63.2 Å². The summed E-state index contributed by atoms with van der Waals surface area (Å²) in [5.74, 6) is -0.911. The fourth-order valence-corrected chi connectivity index (χ4v) is 4.50. The summed E-state index contributed by atoms with van der Waals surface area (Å²) in [5.41, 5.74) is 1.24. The van der Waals surface area contributed by atoms with Crippen LogP contribution in [0.15, 0.2) is 39.5 Å². The molecule has 1 fully saturated rings. The van der Waals surface area contributed by atoms with E-state index in [1.54, 1.807) is 4.90 Å². The Labute approximate surface area is 195 Å². The van der Waals surface area contributed by atoms with Crippen LogP contribution in [-0.4, -0.2) is 57.1 Å². The summed E-state index contributed by atoms with van der Waals surface area (Å²) in [4.78, 5) is 41.8. The smallest absolute Gasteiger partial charge is 0.384 e. The number of likely N-dealkylation sites (tertiary alicyclic amines) is 1. The van der Waals surface area contributed by atoms with Crippen LogP contribution < -0.4 is 5.76 Å². The number of aromatic nitrogens is 2. The van der Waals surface area contributed by atoms with Gasteiger partial charge in [0, 0.05) is 13.1 Å². The van der Waals surface area contributed by atoms with E-state index in [0.29, 0.717) is 13.0 Å². The van der Waals surface area contributed by atoms with Crippen LogP contribution >= 0.6 is 0 Å². The lowest BCUT2D eigenvalue weighted by atomic mass is 9.98. The number of carbonyl (C=O) groups excluding carboxylic acids is 2. The molecule has 8 nitrogen and oxygen atoms in total. The third kappa shape index (κ3) is 6.41. The van der Waals surface area contributed by atoms with E-state index < -0.39 is 17.6 Å². The van der Waals surface area contributed by atoms with E-state index in [0.717, 1.165) is 38.8 Å². The molecule has 1 aliphatic rings. The minimum absolute atomic E-state index is 0.164. The molecule has 0 aliphatic carbocycles. The molecule has 1 amide bonds. The zero-order valence-electron chi connectivity index (χ0n) is 20.1. The number of benzene rings is 1. The van der Waals surface area contributed by atoms with Crippen molar-refractivity contribution in [2.24, 2.45) is 11.8 Å². The number of rotatable bonds is 12. The van der Waals surface area contributed by atoms with Gasteiger partial charge in [-0.3, -0.25) is 14.5 Å². The van der Waals surface area contributed by atoms with E-state index in [-0.39, 0.29) is 23.9 Å². The summed E-state index contributed by atoms with van der Waals surface area (Å²) in [7, 11) is 0. The highest BCUT2D eigenvalue weighted by atomic mass is 16.4. The summed E-state index contributed by atoms with van der Waals surface area (Å²) in [6.45, 7) is 10.0. The summed E-state index contributed by atoms with van der Waals surface area (Å²) >= 11 is 0. The first-order valence-corrected chi connectivity index (χ1v) is 11.9. The predicted octanol–water partition coefficient (Wildman–Crippen LogP) is 3.21. The van der Waals surface area contributed by atoms with E-state index in [9.17, 15) is 14.4 Å². The van der Waals surface area contributed by atoms with Gasteiger partial charge in [0.05, 0.1) is 12.7 Å².